The van der Waals surface area contributed by atoms with Gasteiger partial charge in [-0.25, -0.2) is 0 Å². The van der Waals surface area contributed by atoms with Gasteiger partial charge in [0.2, 0.25) is 5.91 Å². The lowest BCUT2D eigenvalue weighted by molar-refractivity contribution is -0.136. The fraction of sp³-hybridized carbons (Fsp3) is 0.667. The van der Waals surface area contributed by atoms with Crippen molar-refractivity contribution in [3.8, 4) is 0 Å². The van der Waals surface area contributed by atoms with Crippen LogP contribution in [0.3, 0.4) is 0 Å². The summed E-state index contributed by atoms with van der Waals surface area (Å²) in [5, 5.41) is 7.18. The van der Waals surface area contributed by atoms with Crippen LogP contribution in [0.2, 0.25) is 0 Å². The van der Waals surface area contributed by atoms with E-state index >= 15 is 0 Å². The first-order chi connectivity index (χ1) is 11.2. The Morgan fingerprint density at radius 2 is 2.26 bits per heavy atom. The minimum Gasteiger partial charge on any atom is -0.376 e. The van der Waals surface area contributed by atoms with Crippen molar-refractivity contribution in [2.75, 3.05) is 26.3 Å². The second kappa shape index (κ2) is 4.55. The third kappa shape index (κ3) is 1.65. The van der Waals surface area contributed by atoms with Crippen molar-refractivity contribution in [1.82, 2.24) is 20.0 Å². The van der Waals surface area contributed by atoms with Crippen molar-refractivity contribution in [1.29, 1.82) is 0 Å². The first-order valence-corrected chi connectivity index (χ1v) is 8.10. The van der Waals surface area contributed by atoms with Gasteiger partial charge in [-0.1, -0.05) is 0 Å². The van der Waals surface area contributed by atoms with E-state index in [-0.39, 0.29) is 17.9 Å². The van der Waals surface area contributed by atoms with Gasteiger partial charge >= 0.3 is 0 Å². The zero-order valence-electron chi connectivity index (χ0n) is 12.7. The maximum Gasteiger partial charge on any atom is 0.275 e. The molecule has 2 amide bonds. The molecule has 8 nitrogen and oxygen atoms in total. The van der Waals surface area contributed by atoms with Crippen LogP contribution in [0, 0.1) is 0 Å². The topological polar surface area (TPSA) is 87.8 Å². The van der Waals surface area contributed by atoms with Gasteiger partial charge in [-0.2, -0.15) is 5.10 Å². The number of rotatable bonds is 1. The third-order valence-corrected chi connectivity index (χ3v) is 5.56. The average molecular weight is 318 g/mol. The van der Waals surface area contributed by atoms with Crippen LogP contribution in [-0.2, 0) is 27.3 Å². The van der Waals surface area contributed by atoms with Crippen molar-refractivity contribution in [3.05, 3.63) is 17.0 Å². The van der Waals surface area contributed by atoms with E-state index in [1.54, 1.807) is 4.90 Å². The molecule has 0 saturated carbocycles. The van der Waals surface area contributed by atoms with E-state index in [4.69, 9.17) is 9.47 Å². The lowest BCUT2D eigenvalue weighted by atomic mass is 10.1. The summed E-state index contributed by atoms with van der Waals surface area (Å²) in [7, 11) is 0. The minimum absolute atomic E-state index is 0.0809. The molecule has 23 heavy (non-hydrogen) atoms. The number of ether oxygens (including phenoxy) is 2. The zero-order valence-corrected chi connectivity index (χ0v) is 12.7. The maximum absolute atomic E-state index is 13.0. The predicted octanol–water partition coefficient (Wildman–Crippen LogP) is -0.344. The van der Waals surface area contributed by atoms with Crippen molar-refractivity contribution in [2.45, 2.75) is 37.6 Å². The van der Waals surface area contributed by atoms with Gasteiger partial charge in [-0.15, -0.1) is 0 Å². The molecule has 122 valence electrons. The van der Waals surface area contributed by atoms with E-state index in [1.807, 2.05) is 4.90 Å². The Balaban J connectivity index is 1.48. The number of nitrogens with one attached hydrogen (secondary N) is 1. The molecule has 0 bridgehead atoms. The summed E-state index contributed by atoms with van der Waals surface area (Å²) in [6, 6.07) is -0.207. The lowest BCUT2D eigenvalue weighted by Gasteiger charge is -2.31. The molecule has 5 rings (SSSR count). The third-order valence-electron chi connectivity index (χ3n) is 5.56. The number of carbonyl (C=O) groups is 2. The highest BCUT2D eigenvalue weighted by atomic mass is 16.5. The molecule has 3 fully saturated rings. The highest BCUT2D eigenvalue weighted by molar-refractivity contribution is 5.95. The molecule has 1 spiro atoms. The van der Waals surface area contributed by atoms with Gasteiger partial charge in [-0.05, 0) is 0 Å². The first kappa shape index (κ1) is 13.5. The van der Waals surface area contributed by atoms with Gasteiger partial charge in [0.05, 0.1) is 32.3 Å². The molecule has 1 aromatic heterocycles. The molecule has 0 radical (unpaired) electrons. The number of nitrogens with zero attached hydrogens (tertiary/aromatic N) is 3. The molecule has 0 aromatic carbocycles. The number of hydrogen-bond donors (Lipinski definition) is 1. The summed E-state index contributed by atoms with van der Waals surface area (Å²) >= 11 is 0. The van der Waals surface area contributed by atoms with E-state index in [9.17, 15) is 9.59 Å². The lowest BCUT2D eigenvalue weighted by Crippen LogP contribution is -2.48. The Bertz CT molecular complexity index is 702. The summed E-state index contributed by atoms with van der Waals surface area (Å²) < 4.78 is 11.4. The van der Waals surface area contributed by atoms with E-state index < -0.39 is 5.72 Å². The smallest absolute Gasteiger partial charge is 0.275 e. The van der Waals surface area contributed by atoms with Crippen molar-refractivity contribution < 1.29 is 19.1 Å². The summed E-state index contributed by atoms with van der Waals surface area (Å²) in [6.45, 7) is 2.84. The van der Waals surface area contributed by atoms with Crippen LogP contribution in [0.15, 0.2) is 0 Å². The predicted molar refractivity (Wildman–Crippen MR) is 76.4 cm³/mol. The monoisotopic (exact) mass is 318 g/mol. The fourth-order valence-electron chi connectivity index (χ4n) is 4.46. The second-order valence-electron chi connectivity index (χ2n) is 6.54. The number of aromatic nitrogens is 2. The van der Waals surface area contributed by atoms with Gasteiger partial charge in [0.25, 0.3) is 5.91 Å². The van der Waals surface area contributed by atoms with Gasteiger partial charge in [0.1, 0.15) is 0 Å². The van der Waals surface area contributed by atoms with Crippen LogP contribution in [0.4, 0.5) is 0 Å². The SMILES string of the molecule is O=C(c1n[nH]c2c1COCC2)N1CC[C@@]23OCCN2C(=O)C[C@@H]13. The summed E-state index contributed by atoms with van der Waals surface area (Å²) in [4.78, 5) is 28.8. The highest BCUT2D eigenvalue weighted by Crippen LogP contribution is 2.46. The molecule has 4 aliphatic rings. The molecule has 3 saturated heterocycles. The molecule has 0 aliphatic carbocycles. The Kier molecular flexibility index (Phi) is 2.67. The largest absolute Gasteiger partial charge is 0.376 e. The van der Waals surface area contributed by atoms with Crippen molar-refractivity contribution in [2.24, 2.45) is 0 Å². The molecular formula is C15H18N4O4. The van der Waals surface area contributed by atoms with Crippen LogP contribution in [0.1, 0.15) is 34.6 Å². The van der Waals surface area contributed by atoms with Crippen LogP contribution in [0.5, 0.6) is 0 Å². The number of fused-ring (bicyclic) bond motifs is 1. The Hall–Kier alpha value is -1.93. The fourth-order valence-corrected chi connectivity index (χ4v) is 4.46. The van der Waals surface area contributed by atoms with Gasteiger partial charge in [-0.3, -0.25) is 14.7 Å². The Labute approximate surface area is 132 Å². The molecule has 2 atom stereocenters. The molecule has 8 heteroatoms. The Morgan fingerprint density at radius 1 is 1.35 bits per heavy atom. The maximum atomic E-state index is 13.0. The minimum atomic E-state index is -0.598. The molecule has 1 aromatic rings. The van der Waals surface area contributed by atoms with E-state index in [0.717, 1.165) is 17.7 Å². The number of amides is 2. The molecular weight excluding hydrogens is 300 g/mol. The van der Waals surface area contributed by atoms with Crippen LogP contribution in [-0.4, -0.2) is 69.9 Å². The Morgan fingerprint density at radius 3 is 3.17 bits per heavy atom. The van der Waals surface area contributed by atoms with Crippen molar-refractivity contribution >= 4 is 11.8 Å². The normalized spacial score (nSPS) is 32.2. The molecule has 0 unspecified atom stereocenters. The summed E-state index contributed by atoms with van der Waals surface area (Å²) in [5.74, 6) is -0.0441. The van der Waals surface area contributed by atoms with E-state index in [2.05, 4.69) is 10.2 Å². The number of likely N-dealkylation sites (tertiary alicyclic amines) is 1. The van der Waals surface area contributed by atoms with E-state index in [0.29, 0.717) is 51.4 Å². The van der Waals surface area contributed by atoms with Crippen LogP contribution in [0.25, 0.3) is 0 Å². The standard InChI is InChI=1S/C15H18N4O4/c20-12-7-11-15(19(12)4-6-23-15)2-3-18(11)14(21)13-9-8-22-5-1-10(9)16-17-13/h11H,1-8H2,(H,16,17)/t11-,15+/m1/s1. The number of H-pyrrole nitrogens is 1. The molecule has 1 N–H and O–H groups in total. The number of aromatic amines is 1. The van der Waals surface area contributed by atoms with Gasteiger partial charge < -0.3 is 19.3 Å². The van der Waals surface area contributed by atoms with Crippen LogP contribution < -0.4 is 0 Å². The number of hydrogen-bond acceptors (Lipinski definition) is 5. The van der Waals surface area contributed by atoms with E-state index in [1.165, 1.54) is 0 Å². The van der Waals surface area contributed by atoms with Gasteiger partial charge in [0, 0.05) is 37.2 Å². The van der Waals surface area contributed by atoms with Crippen LogP contribution >= 0.6 is 0 Å². The number of carbonyl (C=O) groups excluding carboxylic acids is 2. The summed E-state index contributed by atoms with van der Waals surface area (Å²) in [5.41, 5.74) is 1.67. The average Bonchev–Trinajstić information content (AvgIpc) is 3.28. The quantitative estimate of drug-likeness (QED) is 0.765. The molecule has 4 aliphatic heterocycles. The zero-order chi connectivity index (χ0) is 15.6. The second-order valence-corrected chi connectivity index (χ2v) is 6.54. The summed E-state index contributed by atoms with van der Waals surface area (Å²) in [6.07, 6.45) is 1.77. The van der Waals surface area contributed by atoms with Crippen molar-refractivity contribution in [3.63, 3.8) is 0 Å². The first-order valence-electron chi connectivity index (χ1n) is 8.10. The van der Waals surface area contributed by atoms with Gasteiger partial charge in [0.15, 0.2) is 11.4 Å². The molecule has 5 heterocycles. The highest BCUT2D eigenvalue weighted by Gasteiger charge is 2.63.